The fourth-order valence-corrected chi connectivity index (χ4v) is 2.10. The third-order valence-electron chi connectivity index (χ3n) is 3.06. The zero-order chi connectivity index (χ0) is 13.1. The maximum Gasteiger partial charge on any atom is 0.139 e. The van der Waals surface area contributed by atoms with Crippen LogP contribution < -0.4 is 5.32 Å². The van der Waals surface area contributed by atoms with E-state index in [0.29, 0.717) is 5.92 Å². The summed E-state index contributed by atoms with van der Waals surface area (Å²) < 4.78 is 7.30. The Morgan fingerprint density at radius 3 is 3.16 bits per heavy atom. The summed E-state index contributed by atoms with van der Waals surface area (Å²) in [6.45, 7) is 3.92. The second kappa shape index (κ2) is 5.14. The summed E-state index contributed by atoms with van der Waals surface area (Å²) in [5, 5.41) is 8.61. The molecule has 0 radical (unpaired) electrons. The van der Waals surface area contributed by atoms with Crippen LogP contribution in [0, 0.1) is 5.92 Å². The predicted molar refractivity (Wildman–Crippen MR) is 73.9 cm³/mol. The van der Waals surface area contributed by atoms with E-state index in [9.17, 15) is 0 Å². The molecule has 0 spiro atoms. The van der Waals surface area contributed by atoms with Crippen LogP contribution in [0.2, 0.25) is 0 Å². The number of nitrogens with one attached hydrogen (secondary N) is 1. The van der Waals surface area contributed by atoms with Gasteiger partial charge in [0.15, 0.2) is 0 Å². The molecule has 0 aliphatic carbocycles. The van der Waals surface area contributed by atoms with Crippen molar-refractivity contribution in [1.82, 2.24) is 14.8 Å². The molecule has 0 aromatic carbocycles. The summed E-state index contributed by atoms with van der Waals surface area (Å²) in [7, 11) is 0. The molecule has 1 N–H and O–H groups in total. The van der Waals surface area contributed by atoms with E-state index in [2.05, 4.69) is 22.3 Å². The summed E-state index contributed by atoms with van der Waals surface area (Å²) in [6, 6.07) is 5.74. The van der Waals surface area contributed by atoms with Crippen molar-refractivity contribution < 1.29 is 4.42 Å². The zero-order valence-electron chi connectivity index (χ0n) is 10.8. The summed E-state index contributed by atoms with van der Waals surface area (Å²) in [4.78, 5) is 4.35. The van der Waals surface area contributed by atoms with E-state index in [4.69, 9.17) is 4.42 Å². The molecule has 3 heterocycles. The van der Waals surface area contributed by atoms with Gasteiger partial charge < -0.3 is 9.73 Å². The Morgan fingerprint density at radius 2 is 2.32 bits per heavy atom. The van der Waals surface area contributed by atoms with Crippen molar-refractivity contribution in [2.24, 2.45) is 5.92 Å². The van der Waals surface area contributed by atoms with E-state index in [1.54, 1.807) is 18.7 Å². The molecule has 0 saturated heterocycles. The summed E-state index contributed by atoms with van der Waals surface area (Å²) in [5.41, 5.74) is 0.859. The van der Waals surface area contributed by atoms with Crippen LogP contribution in [0.3, 0.4) is 0 Å². The number of hydrogen-bond acceptors (Lipinski definition) is 4. The lowest BCUT2D eigenvalue weighted by Gasteiger charge is -2.13. The highest BCUT2D eigenvalue weighted by molar-refractivity contribution is 5.87. The van der Waals surface area contributed by atoms with Crippen LogP contribution in [0.15, 0.2) is 47.5 Å². The average molecular weight is 256 g/mol. The molecular formula is C14H16N4O. The summed E-state index contributed by atoms with van der Waals surface area (Å²) in [5.74, 6) is 1.34. The highest BCUT2D eigenvalue weighted by atomic mass is 16.3. The van der Waals surface area contributed by atoms with E-state index in [-0.39, 0.29) is 0 Å². The molecule has 0 unspecified atom stereocenters. The third-order valence-corrected chi connectivity index (χ3v) is 3.06. The Morgan fingerprint density at radius 1 is 1.37 bits per heavy atom. The molecule has 3 rings (SSSR count). The first-order valence-corrected chi connectivity index (χ1v) is 6.36. The van der Waals surface area contributed by atoms with E-state index in [0.717, 1.165) is 29.9 Å². The summed E-state index contributed by atoms with van der Waals surface area (Å²) >= 11 is 0. The van der Waals surface area contributed by atoms with Crippen molar-refractivity contribution in [2.75, 3.05) is 11.9 Å². The van der Waals surface area contributed by atoms with Crippen LogP contribution in [0.5, 0.6) is 0 Å². The highest BCUT2D eigenvalue weighted by Crippen LogP contribution is 2.21. The van der Waals surface area contributed by atoms with Gasteiger partial charge in [-0.05, 0) is 24.1 Å². The molecule has 5 nitrogen and oxygen atoms in total. The maximum atomic E-state index is 5.36. The van der Waals surface area contributed by atoms with Gasteiger partial charge in [-0.2, -0.15) is 5.10 Å². The largest absolute Gasteiger partial charge is 0.464 e. The van der Waals surface area contributed by atoms with Gasteiger partial charge in [0.2, 0.25) is 0 Å². The Bertz CT molecular complexity index is 644. The molecule has 0 fully saturated rings. The number of rotatable bonds is 5. The van der Waals surface area contributed by atoms with Gasteiger partial charge in [0.25, 0.3) is 0 Å². The van der Waals surface area contributed by atoms with Crippen molar-refractivity contribution in [3.05, 3.63) is 43.1 Å². The van der Waals surface area contributed by atoms with Crippen LogP contribution in [0.1, 0.15) is 6.92 Å². The zero-order valence-corrected chi connectivity index (χ0v) is 10.8. The van der Waals surface area contributed by atoms with Crippen LogP contribution in [0.25, 0.3) is 11.0 Å². The van der Waals surface area contributed by atoms with Gasteiger partial charge in [0.05, 0.1) is 11.6 Å². The van der Waals surface area contributed by atoms with Gasteiger partial charge in [-0.15, -0.1) is 0 Å². The van der Waals surface area contributed by atoms with Gasteiger partial charge >= 0.3 is 0 Å². The molecule has 0 saturated carbocycles. The lowest BCUT2D eigenvalue weighted by molar-refractivity contribution is 0.467. The van der Waals surface area contributed by atoms with Crippen LogP contribution in [0.4, 0.5) is 5.82 Å². The van der Waals surface area contributed by atoms with Gasteiger partial charge in [-0.3, -0.25) is 4.68 Å². The van der Waals surface area contributed by atoms with E-state index in [1.165, 1.54) is 0 Å². The lowest BCUT2D eigenvalue weighted by atomic mass is 10.2. The predicted octanol–water partition coefficient (Wildman–Crippen LogP) is 2.77. The minimum atomic E-state index is 0.462. The number of hydrogen-bond donors (Lipinski definition) is 1. The standard InChI is InChI=1S/C14H16N4O/c1-11(10-18-7-2-5-17-18)9-16-14-12-4-8-19-13(12)3-6-15-14/h2-8,11H,9-10H2,1H3,(H,15,16)/t11-/m1/s1. The van der Waals surface area contributed by atoms with Crippen molar-refractivity contribution in [3.8, 4) is 0 Å². The topological polar surface area (TPSA) is 55.9 Å². The molecule has 0 aliphatic heterocycles. The molecule has 19 heavy (non-hydrogen) atoms. The average Bonchev–Trinajstić information content (AvgIpc) is 3.06. The highest BCUT2D eigenvalue weighted by Gasteiger charge is 2.07. The maximum absolute atomic E-state index is 5.36. The van der Waals surface area contributed by atoms with Gasteiger partial charge in [-0.25, -0.2) is 4.98 Å². The normalized spacial score (nSPS) is 12.7. The van der Waals surface area contributed by atoms with Crippen LogP contribution in [-0.2, 0) is 6.54 Å². The molecule has 5 heteroatoms. The molecule has 3 aromatic heterocycles. The van der Waals surface area contributed by atoms with Gasteiger partial charge in [0.1, 0.15) is 11.4 Å². The molecule has 98 valence electrons. The number of furan rings is 1. The quantitative estimate of drug-likeness (QED) is 0.762. The first-order chi connectivity index (χ1) is 9.33. The second-order valence-corrected chi connectivity index (χ2v) is 4.71. The lowest BCUT2D eigenvalue weighted by Crippen LogP contribution is -2.17. The molecule has 0 aliphatic rings. The molecule has 0 amide bonds. The Labute approximate surface area is 111 Å². The fraction of sp³-hybridized carbons (Fsp3) is 0.286. The van der Waals surface area contributed by atoms with Gasteiger partial charge in [-0.1, -0.05) is 6.92 Å². The minimum Gasteiger partial charge on any atom is -0.464 e. The van der Waals surface area contributed by atoms with Crippen molar-refractivity contribution in [2.45, 2.75) is 13.5 Å². The molecule has 1 atom stereocenters. The smallest absolute Gasteiger partial charge is 0.139 e. The Hall–Kier alpha value is -2.30. The Balaban J connectivity index is 1.64. The second-order valence-electron chi connectivity index (χ2n) is 4.71. The summed E-state index contributed by atoms with van der Waals surface area (Å²) in [6.07, 6.45) is 7.22. The number of fused-ring (bicyclic) bond motifs is 1. The van der Waals surface area contributed by atoms with E-state index < -0.39 is 0 Å². The molecule has 3 aromatic rings. The van der Waals surface area contributed by atoms with E-state index >= 15 is 0 Å². The SMILES string of the molecule is C[C@H](CNc1nccc2occc12)Cn1cccn1. The molecule has 0 bridgehead atoms. The van der Waals surface area contributed by atoms with Crippen molar-refractivity contribution in [1.29, 1.82) is 0 Å². The minimum absolute atomic E-state index is 0.462. The monoisotopic (exact) mass is 256 g/mol. The Kier molecular flexibility index (Phi) is 3.18. The van der Waals surface area contributed by atoms with Crippen molar-refractivity contribution in [3.63, 3.8) is 0 Å². The third kappa shape index (κ3) is 2.59. The number of nitrogens with zero attached hydrogens (tertiary/aromatic N) is 3. The first kappa shape index (κ1) is 11.8. The van der Waals surface area contributed by atoms with Crippen LogP contribution >= 0.6 is 0 Å². The fourth-order valence-electron chi connectivity index (χ4n) is 2.10. The van der Waals surface area contributed by atoms with Gasteiger partial charge in [0, 0.05) is 31.7 Å². The number of pyridine rings is 1. The first-order valence-electron chi connectivity index (χ1n) is 6.36. The number of aromatic nitrogens is 3. The van der Waals surface area contributed by atoms with E-state index in [1.807, 2.05) is 29.1 Å². The molecular weight excluding hydrogens is 240 g/mol. The van der Waals surface area contributed by atoms with Crippen LogP contribution in [-0.4, -0.2) is 21.3 Å². The number of anilines is 1. The van der Waals surface area contributed by atoms with Crippen molar-refractivity contribution >= 4 is 16.8 Å².